The molecule has 64 valence electrons. The fourth-order valence-electron chi connectivity index (χ4n) is 0.909. The number of nitrogens with zero attached hydrogens (tertiary/aromatic N) is 1. The van der Waals surface area contributed by atoms with E-state index in [1.807, 2.05) is 0 Å². The van der Waals surface area contributed by atoms with Gasteiger partial charge in [0.2, 0.25) is 0 Å². The lowest BCUT2D eigenvalue weighted by Gasteiger charge is -2.16. The maximum absolute atomic E-state index is 10.4. The van der Waals surface area contributed by atoms with Gasteiger partial charge in [-0.2, -0.15) is 0 Å². The minimum atomic E-state index is -1.54. The molecule has 1 aromatic heterocycles. The van der Waals surface area contributed by atoms with Gasteiger partial charge in [0.05, 0.1) is 0 Å². The minimum Gasteiger partial charge on any atom is -0.383 e. The second-order valence-electron chi connectivity index (χ2n) is 2.70. The first-order chi connectivity index (χ1) is 5.58. The molecule has 0 aromatic carbocycles. The van der Waals surface area contributed by atoms with Gasteiger partial charge >= 0.3 is 0 Å². The smallest absolute Gasteiger partial charge is 0.155 e. The van der Waals surface area contributed by atoms with Crippen LogP contribution in [-0.4, -0.2) is 16.4 Å². The van der Waals surface area contributed by atoms with Crippen LogP contribution < -0.4 is 5.73 Å². The summed E-state index contributed by atoms with van der Waals surface area (Å²) in [6.45, 7) is 1.37. The third-order valence-corrected chi connectivity index (χ3v) is 1.61. The van der Waals surface area contributed by atoms with Crippen LogP contribution in [0.15, 0.2) is 18.3 Å². The zero-order valence-corrected chi connectivity index (χ0v) is 6.69. The summed E-state index contributed by atoms with van der Waals surface area (Å²) >= 11 is 0. The van der Waals surface area contributed by atoms with Gasteiger partial charge in [-0.1, -0.05) is 6.07 Å². The normalized spacial score (nSPS) is 15.2. The first-order valence-electron chi connectivity index (χ1n) is 3.47. The van der Waals surface area contributed by atoms with E-state index in [4.69, 9.17) is 5.73 Å². The van der Waals surface area contributed by atoms with Crippen molar-refractivity contribution in [1.29, 1.82) is 0 Å². The zero-order chi connectivity index (χ0) is 9.19. The van der Waals surface area contributed by atoms with Crippen LogP contribution in [0.25, 0.3) is 0 Å². The molecule has 0 bridgehead atoms. The second-order valence-corrected chi connectivity index (χ2v) is 2.70. The molecule has 3 N–H and O–H groups in total. The predicted molar refractivity (Wildman–Crippen MR) is 44.3 cm³/mol. The predicted octanol–water partition coefficient (Wildman–Crippen LogP) is 0.0702. The number of hydrogen-bond donors (Lipinski definition) is 2. The molecular weight excluding hydrogens is 156 g/mol. The summed E-state index contributed by atoms with van der Waals surface area (Å²) in [5.74, 6) is 0.176. The topological polar surface area (TPSA) is 76.2 Å². The number of aliphatic hydroxyl groups is 1. The Morgan fingerprint density at radius 2 is 2.42 bits per heavy atom. The van der Waals surface area contributed by atoms with E-state index in [9.17, 15) is 9.90 Å². The van der Waals surface area contributed by atoms with E-state index in [1.54, 1.807) is 12.1 Å². The lowest BCUT2D eigenvalue weighted by molar-refractivity contribution is -0.123. The molecule has 4 heteroatoms. The van der Waals surface area contributed by atoms with Crippen molar-refractivity contribution in [1.82, 2.24) is 4.98 Å². The standard InChI is InChI=1S/C8H10N2O2/c1-8(12,5-11)6-3-2-4-10-7(6)9/h2-5,12H,1H3,(H2,9,10). The van der Waals surface area contributed by atoms with Gasteiger partial charge in [0.25, 0.3) is 0 Å². The van der Waals surface area contributed by atoms with Crippen molar-refractivity contribution in [2.24, 2.45) is 0 Å². The van der Waals surface area contributed by atoms with Crippen molar-refractivity contribution in [3.63, 3.8) is 0 Å². The summed E-state index contributed by atoms with van der Waals surface area (Å²) in [7, 11) is 0. The van der Waals surface area contributed by atoms with Crippen LogP contribution in [0.5, 0.6) is 0 Å². The Balaban J connectivity index is 3.19. The van der Waals surface area contributed by atoms with E-state index < -0.39 is 5.60 Å². The van der Waals surface area contributed by atoms with Crippen LogP contribution >= 0.6 is 0 Å². The molecule has 0 radical (unpaired) electrons. The molecule has 0 saturated carbocycles. The quantitative estimate of drug-likeness (QED) is 0.609. The highest BCUT2D eigenvalue weighted by atomic mass is 16.3. The molecule has 1 heterocycles. The monoisotopic (exact) mass is 166 g/mol. The van der Waals surface area contributed by atoms with Gasteiger partial charge in [0, 0.05) is 11.8 Å². The SMILES string of the molecule is CC(O)(C=O)c1cccnc1N. The van der Waals surface area contributed by atoms with Gasteiger partial charge < -0.3 is 10.8 Å². The molecule has 0 spiro atoms. The third kappa shape index (κ3) is 1.43. The Labute approximate surface area is 70.0 Å². The van der Waals surface area contributed by atoms with E-state index in [1.165, 1.54) is 13.1 Å². The van der Waals surface area contributed by atoms with Gasteiger partial charge in [-0.3, -0.25) is 4.79 Å². The summed E-state index contributed by atoms with van der Waals surface area (Å²) in [5.41, 5.74) is 4.24. The fraction of sp³-hybridized carbons (Fsp3) is 0.250. The number of nitrogen functional groups attached to an aromatic ring is 1. The molecule has 0 aliphatic carbocycles. The first kappa shape index (κ1) is 8.67. The number of pyridine rings is 1. The minimum absolute atomic E-state index is 0.176. The van der Waals surface area contributed by atoms with Crippen molar-refractivity contribution >= 4 is 12.1 Å². The molecule has 4 nitrogen and oxygen atoms in total. The number of nitrogens with two attached hydrogens (primary N) is 1. The number of carbonyl (C=O) groups is 1. The number of hydrogen-bond acceptors (Lipinski definition) is 4. The first-order valence-corrected chi connectivity index (χ1v) is 3.47. The lowest BCUT2D eigenvalue weighted by atomic mass is 9.99. The van der Waals surface area contributed by atoms with E-state index in [0.717, 1.165) is 0 Å². The molecule has 0 fully saturated rings. The molecule has 1 atom stereocenters. The molecule has 1 unspecified atom stereocenters. The lowest BCUT2D eigenvalue weighted by Crippen LogP contribution is -2.24. The van der Waals surface area contributed by atoms with Crippen LogP contribution in [0, 0.1) is 0 Å². The zero-order valence-electron chi connectivity index (χ0n) is 6.69. The van der Waals surface area contributed by atoms with Gasteiger partial charge in [-0.05, 0) is 13.0 Å². The molecule has 0 amide bonds. The van der Waals surface area contributed by atoms with Gasteiger partial charge in [0.15, 0.2) is 6.29 Å². The summed E-state index contributed by atoms with van der Waals surface area (Å²) < 4.78 is 0. The Bertz CT molecular complexity index is 297. The second kappa shape index (κ2) is 2.91. The van der Waals surface area contributed by atoms with Gasteiger partial charge in [-0.15, -0.1) is 0 Å². The number of carbonyl (C=O) groups excluding carboxylic acids is 1. The highest BCUT2D eigenvalue weighted by Gasteiger charge is 2.24. The average Bonchev–Trinajstić information content (AvgIpc) is 2.05. The van der Waals surface area contributed by atoms with Gasteiger partial charge in [-0.25, -0.2) is 4.98 Å². The molecule has 0 saturated heterocycles. The average molecular weight is 166 g/mol. The highest BCUT2D eigenvalue weighted by Crippen LogP contribution is 2.21. The Kier molecular flexibility index (Phi) is 2.10. The summed E-state index contributed by atoms with van der Waals surface area (Å²) in [4.78, 5) is 14.2. The molecule has 1 rings (SSSR count). The van der Waals surface area contributed by atoms with Crippen molar-refractivity contribution in [2.75, 3.05) is 5.73 Å². The molecular formula is C8H10N2O2. The van der Waals surface area contributed by atoms with Crippen LogP contribution in [0.2, 0.25) is 0 Å². The Hall–Kier alpha value is -1.42. The van der Waals surface area contributed by atoms with Gasteiger partial charge in [0.1, 0.15) is 11.4 Å². The summed E-state index contributed by atoms with van der Waals surface area (Å²) in [5, 5.41) is 9.49. The number of rotatable bonds is 2. The van der Waals surface area contributed by atoms with Crippen molar-refractivity contribution in [3.8, 4) is 0 Å². The maximum Gasteiger partial charge on any atom is 0.155 e. The van der Waals surface area contributed by atoms with E-state index in [0.29, 0.717) is 11.8 Å². The molecule has 12 heavy (non-hydrogen) atoms. The van der Waals surface area contributed by atoms with Crippen LogP contribution in [-0.2, 0) is 10.4 Å². The van der Waals surface area contributed by atoms with E-state index >= 15 is 0 Å². The van der Waals surface area contributed by atoms with Crippen LogP contribution in [0.4, 0.5) is 5.82 Å². The van der Waals surface area contributed by atoms with E-state index in [-0.39, 0.29) is 5.82 Å². The van der Waals surface area contributed by atoms with Crippen LogP contribution in [0.1, 0.15) is 12.5 Å². The largest absolute Gasteiger partial charge is 0.383 e. The van der Waals surface area contributed by atoms with Crippen LogP contribution in [0.3, 0.4) is 0 Å². The maximum atomic E-state index is 10.4. The van der Waals surface area contributed by atoms with Crippen molar-refractivity contribution in [2.45, 2.75) is 12.5 Å². The molecule has 0 aliphatic heterocycles. The Morgan fingerprint density at radius 3 is 2.92 bits per heavy atom. The molecule has 0 aliphatic rings. The summed E-state index contributed by atoms with van der Waals surface area (Å²) in [6, 6.07) is 3.18. The van der Waals surface area contributed by atoms with Crippen molar-refractivity contribution in [3.05, 3.63) is 23.9 Å². The fourth-order valence-corrected chi connectivity index (χ4v) is 0.909. The Morgan fingerprint density at radius 1 is 1.75 bits per heavy atom. The number of anilines is 1. The third-order valence-electron chi connectivity index (χ3n) is 1.61. The van der Waals surface area contributed by atoms with E-state index in [2.05, 4.69) is 4.98 Å². The summed E-state index contributed by atoms with van der Waals surface area (Å²) in [6.07, 6.45) is 1.93. The number of aromatic nitrogens is 1. The molecule has 1 aromatic rings. The number of aldehydes is 1. The van der Waals surface area contributed by atoms with Crippen molar-refractivity contribution < 1.29 is 9.90 Å². The highest BCUT2D eigenvalue weighted by molar-refractivity contribution is 5.68.